The SMILES string of the molecule is COC(=O)CCCNCc1cccc(C(N)=O)c1. The first-order valence-corrected chi connectivity index (χ1v) is 5.79. The van der Waals surface area contributed by atoms with E-state index >= 15 is 0 Å². The molecule has 1 aromatic rings. The molecule has 0 saturated carbocycles. The number of carbonyl (C=O) groups is 2. The number of amides is 1. The molecule has 5 heteroatoms. The number of nitrogens with one attached hydrogen (secondary N) is 1. The normalized spacial score (nSPS) is 10.1. The predicted molar refractivity (Wildman–Crippen MR) is 67.9 cm³/mol. The molecule has 0 heterocycles. The number of esters is 1. The lowest BCUT2D eigenvalue weighted by molar-refractivity contribution is -0.140. The third kappa shape index (κ3) is 4.97. The first-order valence-electron chi connectivity index (χ1n) is 5.79. The Labute approximate surface area is 106 Å². The third-order valence-corrected chi connectivity index (χ3v) is 2.50. The zero-order chi connectivity index (χ0) is 13.4. The zero-order valence-corrected chi connectivity index (χ0v) is 10.4. The number of methoxy groups -OCH3 is 1. The van der Waals surface area contributed by atoms with E-state index in [1.807, 2.05) is 6.07 Å². The van der Waals surface area contributed by atoms with Crippen molar-refractivity contribution in [3.63, 3.8) is 0 Å². The lowest BCUT2D eigenvalue weighted by atomic mass is 10.1. The fourth-order valence-corrected chi connectivity index (χ4v) is 1.53. The van der Waals surface area contributed by atoms with Gasteiger partial charge in [0.2, 0.25) is 5.91 Å². The van der Waals surface area contributed by atoms with Crippen LogP contribution in [0.2, 0.25) is 0 Å². The number of nitrogens with two attached hydrogens (primary N) is 1. The monoisotopic (exact) mass is 250 g/mol. The van der Waals surface area contributed by atoms with Crippen LogP contribution < -0.4 is 11.1 Å². The van der Waals surface area contributed by atoms with Crippen molar-refractivity contribution in [3.05, 3.63) is 35.4 Å². The Kier molecular flexibility index (Phi) is 5.87. The first kappa shape index (κ1) is 14.2. The molecule has 5 nitrogen and oxygen atoms in total. The second-order valence-corrected chi connectivity index (χ2v) is 3.92. The lowest BCUT2D eigenvalue weighted by Gasteiger charge is -2.05. The number of benzene rings is 1. The highest BCUT2D eigenvalue weighted by Crippen LogP contribution is 2.04. The fourth-order valence-electron chi connectivity index (χ4n) is 1.53. The van der Waals surface area contributed by atoms with Gasteiger partial charge in [-0.15, -0.1) is 0 Å². The molecule has 1 rings (SSSR count). The molecule has 1 aromatic carbocycles. The van der Waals surface area contributed by atoms with Crippen LogP contribution in [0.5, 0.6) is 0 Å². The Morgan fingerprint density at radius 2 is 2.17 bits per heavy atom. The van der Waals surface area contributed by atoms with Crippen molar-refractivity contribution >= 4 is 11.9 Å². The van der Waals surface area contributed by atoms with Gasteiger partial charge in [-0.1, -0.05) is 12.1 Å². The van der Waals surface area contributed by atoms with E-state index in [9.17, 15) is 9.59 Å². The van der Waals surface area contributed by atoms with Gasteiger partial charge in [0.1, 0.15) is 0 Å². The van der Waals surface area contributed by atoms with E-state index in [-0.39, 0.29) is 5.97 Å². The summed E-state index contributed by atoms with van der Waals surface area (Å²) in [4.78, 5) is 21.9. The summed E-state index contributed by atoms with van der Waals surface area (Å²) < 4.78 is 4.54. The Balaban J connectivity index is 2.29. The largest absolute Gasteiger partial charge is 0.469 e. The Hall–Kier alpha value is -1.88. The summed E-state index contributed by atoms with van der Waals surface area (Å²) in [6.07, 6.45) is 1.13. The summed E-state index contributed by atoms with van der Waals surface area (Å²) in [5.74, 6) is -0.630. The van der Waals surface area contributed by atoms with Crippen LogP contribution in [0.1, 0.15) is 28.8 Å². The van der Waals surface area contributed by atoms with E-state index in [4.69, 9.17) is 5.73 Å². The highest BCUT2D eigenvalue weighted by atomic mass is 16.5. The van der Waals surface area contributed by atoms with Crippen molar-refractivity contribution in [3.8, 4) is 0 Å². The number of hydrogen-bond acceptors (Lipinski definition) is 4. The quantitative estimate of drug-likeness (QED) is 0.554. The fraction of sp³-hybridized carbons (Fsp3) is 0.385. The maximum atomic E-state index is 11.0. The van der Waals surface area contributed by atoms with E-state index in [1.165, 1.54) is 7.11 Å². The van der Waals surface area contributed by atoms with Gasteiger partial charge in [0.05, 0.1) is 7.11 Å². The number of ether oxygens (including phenoxy) is 1. The summed E-state index contributed by atoms with van der Waals surface area (Å²) in [7, 11) is 1.38. The molecule has 98 valence electrons. The second-order valence-electron chi connectivity index (χ2n) is 3.92. The average Bonchev–Trinajstić information content (AvgIpc) is 2.38. The Morgan fingerprint density at radius 3 is 2.83 bits per heavy atom. The minimum Gasteiger partial charge on any atom is -0.469 e. The van der Waals surface area contributed by atoms with E-state index < -0.39 is 5.91 Å². The van der Waals surface area contributed by atoms with Crippen molar-refractivity contribution in [1.82, 2.24) is 5.32 Å². The van der Waals surface area contributed by atoms with E-state index in [0.29, 0.717) is 18.5 Å². The molecule has 0 atom stereocenters. The maximum Gasteiger partial charge on any atom is 0.305 e. The van der Waals surface area contributed by atoms with Crippen molar-refractivity contribution in [2.24, 2.45) is 5.73 Å². The van der Waals surface area contributed by atoms with Crippen LogP contribution in [0, 0.1) is 0 Å². The van der Waals surface area contributed by atoms with Crippen LogP contribution in [0.15, 0.2) is 24.3 Å². The molecule has 0 spiro atoms. The molecule has 3 N–H and O–H groups in total. The summed E-state index contributed by atoms with van der Waals surface area (Å²) in [6.45, 7) is 1.36. The molecule has 0 bridgehead atoms. The van der Waals surface area contributed by atoms with Gasteiger partial charge in [-0.3, -0.25) is 9.59 Å². The van der Waals surface area contributed by atoms with Gasteiger partial charge < -0.3 is 15.8 Å². The van der Waals surface area contributed by atoms with E-state index in [0.717, 1.165) is 18.5 Å². The molecule has 0 aliphatic heterocycles. The summed E-state index contributed by atoms with van der Waals surface area (Å²) in [6, 6.07) is 7.16. The maximum absolute atomic E-state index is 11.0. The number of primary amides is 1. The van der Waals surface area contributed by atoms with Crippen LogP contribution in [0.4, 0.5) is 0 Å². The van der Waals surface area contributed by atoms with Crippen LogP contribution in [0.3, 0.4) is 0 Å². The topological polar surface area (TPSA) is 81.4 Å². The van der Waals surface area contributed by atoms with Crippen LogP contribution in [-0.2, 0) is 16.1 Å². The third-order valence-electron chi connectivity index (χ3n) is 2.50. The molecule has 0 saturated heterocycles. The molecule has 0 aromatic heterocycles. The van der Waals surface area contributed by atoms with Crippen molar-refractivity contribution in [2.75, 3.05) is 13.7 Å². The van der Waals surface area contributed by atoms with Gasteiger partial charge >= 0.3 is 5.97 Å². The highest BCUT2D eigenvalue weighted by Gasteiger charge is 2.02. The number of hydrogen-bond donors (Lipinski definition) is 2. The highest BCUT2D eigenvalue weighted by molar-refractivity contribution is 5.92. The van der Waals surface area contributed by atoms with Gasteiger partial charge in [-0.25, -0.2) is 0 Å². The number of rotatable bonds is 7. The zero-order valence-electron chi connectivity index (χ0n) is 10.4. The standard InChI is InChI=1S/C13H18N2O3/c1-18-12(16)6-3-7-15-9-10-4-2-5-11(8-10)13(14)17/h2,4-5,8,15H,3,6-7,9H2,1H3,(H2,14,17). The van der Waals surface area contributed by atoms with Crippen molar-refractivity contribution < 1.29 is 14.3 Å². The summed E-state index contributed by atoms with van der Waals surface area (Å²) in [5.41, 5.74) is 6.69. The van der Waals surface area contributed by atoms with E-state index in [1.54, 1.807) is 18.2 Å². The van der Waals surface area contributed by atoms with Gasteiger partial charge in [0.25, 0.3) is 0 Å². The molecular formula is C13H18N2O3. The average molecular weight is 250 g/mol. The summed E-state index contributed by atoms with van der Waals surface area (Å²) in [5, 5.41) is 3.19. The molecule has 0 aliphatic carbocycles. The van der Waals surface area contributed by atoms with Gasteiger partial charge in [-0.2, -0.15) is 0 Å². The van der Waals surface area contributed by atoms with Crippen LogP contribution in [0.25, 0.3) is 0 Å². The Bertz CT molecular complexity index is 418. The minimum absolute atomic E-state index is 0.201. The lowest BCUT2D eigenvalue weighted by Crippen LogP contribution is -2.17. The molecule has 0 radical (unpaired) electrons. The van der Waals surface area contributed by atoms with E-state index in [2.05, 4.69) is 10.1 Å². The Morgan fingerprint density at radius 1 is 1.39 bits per heavy atom. The van der Waals surface area contributed by atoms with Crippen molar-refractivity contribution in [1.29, 1.82) is 0 Å². The summed E-state index contributed by atoms with van der Waals surface area (Å²) >= 11 is 0. The molecule has 0 unspecified atom stereocenters. The molecule has 18 heavy (non-hydrogen) atoms. The second kappa shape index (κ2) is 7.45. The molecule has 0 aliphatic rings. The molecular weight excluding hydrogens is 232 g/mol. The number of carbonyl (C=O) groups excluding carboxylic acids is 2. The molecule has 0 fully saturated rings. The first-order chi connectivity index (χ1) is 8.63. The predicted octanol–water partition coefficient (Wildman–Crippen LogP) is 0.828. The van der Waals surface area contributed by atoms with Gasteiger partial charge in [-0.05, 0) is 30.7 Å². The van der Waals surface area contributed by atoms with Crippen LogP contribution >= 0.6 is 0 Å². The van der Waals surface area contributed by atoms with Crippen LogP contribution in [-0.4, -0.2) is 25.5 Å². The van der Waals surface area contributed by atoms with Crippen molar-refractivity contribution in [2.45, 2.75) is 19.4 Å². The van der Waals surface area contributed by atoms with Gasteiger partial charge in [0, 0.05) is 18.5 Å². The minimum atomic E-state index is -0.428. The smallest absolute Gasteiger partial charge is 0.305 e. The molecule has 1 amide bonds. The van der Waals surface area contributed by atoms with Gasteiger partial charge in [0.15, 0.2) is 0 Å².